The fourth-order valence-corrected chi connectivity index (χ4v) is 2.09. The van der Waals surface area contributed by atoms with Gasteiger partial charge in [0.25, 0.3) is 0 Å². The van der Waals surface area contributed by atoms with Gasteiger partial charge in [0, 0.05) is 11.1 Å². The monoisotopic (exact) mass is 331 g/mol. The van der Waals surface area contributed by atoms with Crippen molar-refractivity contribution in [1.29, 1.82) is 0 Å². The Morgan fingerprint density at radius 2 is 1.91 bits per heavy atom. The third-order valence-electron chi connectivity index (χ3n) is 4.12. The van der Waals surface area contributed by atoms with Crippen LogP contribution in [0.4, 0.5) is 0 Å². The van der Waals surface area contributed by atoms with Gasteiger partial charge in [0.1, 0.15) is 0 Å². The maximum atomic E-state index is 11.2. The van der Waals surface area contributed by atoms with Crippen LogP contribution in [0.25, 0.3) is 0 Å². The maximum Gasteiger partial charge on any atom is 0.327 e. The summed E-state index contributed by atoms with van der Waals surface area (Å²) in [5.74, 6) is -1.52. The van der Waals surface area contributed by atoms with E-state index in [4.69, 9.17) is 15.6 Å². The fraction of sp³-hybridized carbons (Fsp3) is 0.733. The van der Waals surface area contributed by atoms with E-state index in [0.29, 0.717) is 13.0 Å². The lowest BCUT2D eigenvalue weighted by Crippen LogP contribution is -2.43. The summed E-state index contributed by atoms with van der Waals surface area (Å²) < 4.78 is 5.86. The van der Waals surface area contributed by atoms with Crippen LogP contribution in [0.15, 0.2) is 12.2 Å². The molecule has 6 nitrogen and oxygen atoms in total. The number of amides is 1. The van der Waals surface area contributed by atoms with E-state index < -0.39 is 26.3 Å². The van der Waals surface area contributed by atoms with Crippen molar-refractivity contribution in [2.45, 2.75) is 57.8 Å². The molecule has 4 N–H and O–H groups in total. The standard InChI is InChI=1S/C15H29NO5Si/c1-11(7-6-8-14(18)19)12(9-13(16)17)21-10-15(2,3)22(4,5)20/h6,8,11-12,20H,7,9-10H2,1-5H3,(H2,16,17)(H,18,19)/b8-6+/t11-,12+/m1/s1. The van der Waals surface area contributed by atoms with Gasteiger partial charge in [-0.15, -0.1) is 0 Å². The van der Waals surface area contributed by atoms with Crippen LogP contribution in [0.3, 0.4) is 0 Å². The summed E-state index contributed by atoms with van der Waals surface area (Å²) in [6.45, 7) is 9.78. The Balaban J connectivity index is 4.77. The van der Waals surface area contributed by atoms with Gasteiger partial charge in [-0.05, 0) is 25.4 Å². The lowest BCUT2D eigenvalue weighted by atomic mass is 9.97. The van der Waals surface area contributed by atoms with Gasteiger partial charge in [0.15, 0.2) is 8.32 Å². The molecule has 0 saturated heterocycles. The second kappa shape index (κ2) is 8.45. The molecule has 0 saturated carbocycles. The highest BCUT2D eigenvalue weighted by Gasteiger charge is 2.39. The molecule has 7 heteroatoms. The third-order valence-corrected chi connectivity index (χ3v) is 7.58. The van der Waals surface area contributed by atoms with E-state index >= 15 is 0 Å². The summed E-state index contributed by atoms with van der Waals surface area (Å²) in [5, 5.41) is 8.23. The lowest BCUT2D eigenvalue weighted by Gasteiger charge is -2.36. The SMILES string of the molecule is C[C@H](C/C=C/C(=O)O)[C@H](CC(N)=O)OCC(C)(C)[Si](C)(C)O. The summed E-state index contributed by atoms with van der Waals surface area (Å²) >= 11 is 0. The Kier molecular flexibility index (Phi) is 8.00. The van der Waals surface area contributed by atoms with Crippen LogP contribution >= 0.6 is 0 Å². The molecule has 0 aliphatic carbocycles. The van der Waals surface area contributed by atoms with Gasteiger partial charge in [-0.25, -0.2) is 4.79 Å². The van der Waals surface area contributed by atoms with Crippen molar-refractivity contribution >= 4 is 20.2 Å². The quantitative estimate of drug-likeness (QED) is 0.418. The molecule has 0 radical (unpaired) electrons. The number of carboxylic acid groups (broad SMARTS) is 1. The number of carbonyl (C=O) groups is 2. The van der Waals surface area contributed by atoms with E-state index in [-0.39, 0.29) is 17.4 Å². The van der Waals surface area contributed by atoms with Crippen LogP contribution in [0.1, 0.15) is 33.6 Å². The molecule has 0 aromatic heterocycles. The number of hydrogen-bond donors (Lipinski definition) is 3. The Bertz CT molecular complexity index is 415. The Hall–Kier alpha value is -1.18. The van der Waals surface area contributed by atoms with E-state index in [2.05, 4.69) is 0 Å². The summed E-state index contributed by atoms with van der Waals surface area (Å²) in [5.41, 5.74) is 5.26. The van der Waals surface area contributed by atoms with Crippen molar-refractivity contribution < 1.29 is 24.2 Å². The summed E-state index contributed by atoms with van der Waals surface area (Å²) in [6.07, 6.45) is 2.77. The fourth-order valence-electron chi connectivity index (χ4n) is 1.65. The summed E-state index contributed by atoms with van der Waals surface area (Å²) in [6, 6.07) is 0. The molecule has 0 aliphatic rings. The van der Waals surface area contributed by atoms with E-state index in [9.17, 15) is 14.4 Å². The largest absolute Gasteiger partial charge is 0.478 e. The summed E-state index contributed by atoms with van der Waals surface area (Å²) in [7, 11) is -2.40. The highest BCUT2D eigenvalue weighted by Crippen LogP contribution is 2.36. The van der Waals surface area contributed by atoms with Crippen LogP contribution in [0.2, 0.25) is 18.1 Å². The number of allylic oxidation sites excluding steroid dienone is 1. The van der Waals surface area contributed by atoms with Gasteiger partial charge in [-0.3, -0.25) is 4.79 Å². The molecule has 0 fully saturated rings. The molecule has 0 bridgehead atoms. The first-order valence-electron chi connectivity index (χ1n) is 7.38. The average Bonchev–Trinajstić information content (AvgIpc) is 2.31. The number of aliphatic carboxylic acids is 1. The summed E-state index contributed by atoms with van der Waals surface area (Å²) in [4.78, 5) is 32.0. The molecule has 0 aromatic rings. The Morgan fingerprint density at radius 1 is 1.36 bits per heavy atom. The van der Waals surface area contributed by atoms with Gasteiger partial charge >= 0.3 is 5.97 Å². The van der Waals surface area contributed by atoms with Gasteiger partial charge in [-0.2, -0.15) is 0 Å². The van der Waals surface area contributed by atoms with Crippen molar-refractivity contribution in [1.82, 2.24) is 0 Å². The minimum Gasteiger partial charge on any atom is -0.478 e. The van der Waals surface area contributed by atoms with Crippen LogP contribution in [0, 0.1) is 5.92 Å². The molecule has 2 atom stereocenters. The van der Waals surface area contributed by atoms with Crippen LogP contribution in [-0.4, -0.2) is 42.8 Å². The van der Waals surface area contributed by atoms with Gasteiger partial charge < -0.3 is 20.4 Å². The van der Waals surface area contributed by atoms with E-state index in [1.165, 1.54) is 0 Å². The maximum absolute atomic E-state index is 11.2. The van der Waals surface area contributed by atoms with E-state index in [0.717, 1.165) is 6.08 Å². The van der Waals surface area contributed by atoms with Gasteiger partial charge in [0.05, 0.1) is 19.1 Å². The average molecular weight is 331 g/mol. The number of carbonyl (C=O) groups excluding carboxylic acids is 1. The molecule has 0 aliphatic heterocycles. The molecule has 0 spiro atoms. The Labute approximate surface area is 133 Å². The van der Waals surface area contributed by atoms with Crippen LogP contribution in [-0.2, 0) is 14.3 Å². The molecule has 128 valence electrons. The smallest absolute Gasteiger partial charge is 0.327 e. The van der Waals surface area contributed by atoms with Gasteiger partial charge in [-0.1, -0.05) is 26.8 Å². The second-order valence-corrected chi connectivity index (χ2v) is 11.4. The van der Waals surface area contributed by atoms with E-state index in [1.54, 1.807) is 6.08 Å². The van der Waals surface area contributed by atoms with Crippen LogP contribution < -0.4 is 5.73 Å². The molecule has 0 aromatic carbocycles. The van der Waals surface area contributed by atoms with Crippen molar-refractivity contribution in [3.8, 4) is 0 Å². The molecule has 0 rings (SSSR count). The highest BCUT2D eigenvalue weighted by molar-refractivity contribution is 6.72. The zero-order chi connectivity index (χ0) is 17.6. The first kappa shape index (κ1) is 20.8. The number of carboxylic acids is 1. The molecule has 0 heterocycles. The van der Waals surface area contributed by atoms with Crippen molar-refractivity contribution in [2.75, 3.05) is 6.61 Å². The predicted octanol–water partition coefficient (Wildman–Crippen LogP) is 1.89. The molecular weight excluding hydrogens is 302 g/mol. The molecule has 22 heavy (non-hydrogen) atoms. The zero-order valence-corrected chi connectivity index (χ0v) is 15.1. The topological polar surface area (TPSA) is 110 Å². The minimum absolute atomic E-state index is 0.0534. The normalized spacial score (nSPS) is 15.7. The first-order chi connectivity index (χ1) is 9.86. The van der Waals surface area contributed by atoms with E-state index in [1.807, 2.05) is 33.9 Å². The number of primary amides is 1. The first-order valence-corrected chi connectivity index (χ1v) is 10.3. The van der Waals surface area contributed by atoms with Crippen molar-refractivity contribution in [3.63, 3.8) is 0 Å². The lowest BCUT2D eigenvalue weighted by molar-refractivity contribution is -0.131. The minimum atomic E-state index is -2.40. The number of nitrogens with two attached hydrogens (primary N) is 1. The highest BCUT2D eigenvalue weighted by atomic mass is 28.4. The third kappa shape index (κ3) is 7.72. The molecular formula is C15H29NO5Si. The molecule has 1 amide bonds. The van der Waals surface area contributed by atoms with Crippen molar-refractivity contribution in [3.05, 3.63) is 12.2 Å². The predicted molar refractivity (Wildman–Crippen MR) is 87.9 cm³/mol. The number of ether oxygens (including phenoxy) is 1. The second-order valence-electron chi connectivity index (χ2n) is 6.92. The number of rotatable bonds is 10. The van der Waals surface area contributed by atoms with Gasteiger partial charge in [0.2, 0.25) is 5.91 Å². The number of hydrogen-bond acceptors (Lipinski definition) is 4. The van der Waals surface area contributed by atoms with Crippen LogP contribution in [0.5, 0.6) is 0 Å². The zero-order valence-electron chi connectivity index (χ0n) is 14.1. The Morgan fingerprint density at radius 3 is 2.32 bits per heavy atom. The van der Waals surface area contributed by atoms with Crippen molar-refractivity contribution in [2.24, 2.45) is 11.7 Å². The molecule has 0 unspecified atom stereocenters.